The van der Waals surface area contributed by atoms with Gasteiger partial charge in [-0.15, -0.1) is 0 Å². The number of carbonyl (C=O) groups excluding carboxylic acids is 1. The van der Waals surface area contributed by atoms with Crippen LogP contribution in [0.3, 0.4) is 0 Å². The molecule has 1 spiro atoms. The quantitative estimate of drug-likeness (QED) is 0.760. The average Bonchev–Trinajstić information content (AvgIpc) is 3.07. The van der Waals surface area contributed by atoms with Gasteiger partial charge >= 0.3 is 12.2 Å². The van der Waals surface area contributed by atoms with Gasteiger partial charge in [-0.3, -0.25) is 5.10 Å². The Kier molecular flexibility index (Phi) is 4.32. The van der Waals surface area contributed by atoms with Crippen LogP contribution in [0.5, 0.6) is 0 Å². The highest BCUT2D eigenvalue weighted by Crippen LogP contribution is 2.55. The van der Waals surface area contributed by atoms with Crippen molar-refractivity contribution in [3.05, 3.63) is 47.5 Å². The summed E-state index contributed by atoms with van der Waals surface area (Å²) in [5.41, 5.74) is -0.0976. The number of alkyl halides is 3. The number of urea groups is 1. The molecule has 144 valence electrons. The summed E-state index contributed by atoms with van der Waals surface area (Å²) in [5.74, 6) is 0.202. The van der Waals surface area contributed by atoms with Gasteiger partial charge in [-0.05, 0) is 48.8 Å². The molecule has 0 bridgehead atoms. The third-order valence-electron chi connectivity index (χ3n) is 5.62. The monoisotopic (exact) mass is 379 g/mol. The van der Waals surface area contributed by atoms with Crippen LogP contribution in [0, 0.1) is 5.41 Å². The number of nitrogens with one attached hydrogen (secondary N) is 3. The van der Waals surface area contributed by atoms with Gasteiger partial charge in [-0.2, -0.15) is 18.3 Å². The van der Waals surface area contributed by atoms with Gasteiger partial charge in [0.1, 0.15) is 12.4 Å². The van der Waals surface area contributed by atoms with Crippen molar-refractivity contribution in [2.75, 3.05) is 0 Å². The van der Waals surface area contributed by atoms with Crippen LogP contribution in [-0.2, 0) is 6.18 Å². The maximum absolute atomic E-state index is 13.0. The van der Waals surface area contributed by atoms with E-state index in [9.17, 15) is 18.0 Å². The number of hydrogen-bond acceptors (Lipinski definition) is 3. The lowest BCUT2D eigenvalue weighted by molar-refractivity contribution is -0.137. The van der Waals surface area contributed by atoms with Gasteiger partial charge in [0, 0.05) is 6.04 Å². The summed E-state index contributed by atoms with van der Waals surface area (Å²) in [4.78, 5) is 16.4. The zero-order chi connectivity index (χ0) is 19.1. The summed E-state index contributed by atoms with van der Waals surface area (Å²) >= 11 is 0. The second kappa shape index (κ2) is 6.54. The van der Waals surface area contributed by atoms with Crippen molar-refractivity contribution in [3.8, 4) is 0 Å². The molecular formula is C18H20F3N5O. The molecule has 2 fully saturated rings. The van der Waals surface area contributed by atoms with Gasteiger partial charge in [-0.1, -0.05) is 18.6 Å². The fourth-order valence-corrected chi connectivity index (χ4v) is 4.08. The first-order chi connectivity index (χ1) is 12.8. The Labute approximate surface area is 154 Å². The third-order valence-corrected chi connectivity index (χ3v) is 5.62. The van der Waals surface area contributed by atoms with E-state index in [4.69, 9.17) is 0 Å². The van der Waals surface area contributed by atoms with E-state index in [1.54, 1.807) is 0 Å². The van der Waals surface area contributed by atoms with E-state index in [1.165, 1.54) is 37.7 Å². The lowest BCUT2D eigenvalue weighted by Gasteiger charge is -2.54. The molecule has 1 heterocycles. The largest absolute Gasteiger partial charge is 0.416 e. The molecule has 3 N–H and O–H groups in total. The van der Waals surface area contributed by atoms with Crippen LogP contribution in [-0.4, -0.2) is 27.3 Å². The zero-order valence-corrected chi connectivity index (χ0v) is 14.5. The molecule has 2 amide bonds. The molecule has 1 aromatic carbocycles. The van der Waals surface area contributed by atoms with Gasteiger partial charge < -0.3 is 10.6 Å². The minimum atomic E-state index is -4.47. The molecule has 1 aromatic heterocycles. The molecule has 2 aliphatic carbocycles. The topological polar surface area (TPSA) is 82.7 Å². The summed E-state index contributed by atoms with van der Waals surface area (Å²) < 4.78 is 39.1. The first-order valence-electron chi connectivity index (χ1n) is 8.95. The lowest BCUT2D eigenvalue weighted by atomic mass is 9.54. The van der Waals surface area contributed by atoms with E-state index < -0.39 is 23.8 Å². The Bertz CT molecular complexity index is 809. The third kappa shape index (κ3) is 3.63. The molecule has 2 aliphatic rings. The number of aromatic amines is 1. The summed E-state index contributed by atoms with van der Waals surface area (Å²) in [6.07, 6.45) is 2.48. The number of H-pyrrole nitrogens is 1. The van der Waals surface area contributed by atoms with Gasteiger partial charge in [0.05, 0.1) is 5.56 Å². The van der Waals surface area contributed by atoms with Crippen molar-refractivity contribution in [1.29, 1.82) is 0 Å². The van der Waals surface area contributed by atoms with Crippen LogP contribution in [0.4, 0.5) is 18.0 Å². The Balaban J connectivity index is 1.48. The summed E-state index contributed by atoms with van der Waals surface area (Å²) in [5, 5.41) is 12.1. The number of aromatic nitrogens is 3. The molecule has 27 heavy (non-hydrogen) atoms. The Morgan fingerprint density at radius 2 is 2.07 bits per heavy atom. The molecule has 0 aliphatic heterocycles. The minimum Gasteiger partial charge on any atom is -0.335 e. The van der Waals surface area contributed by atoms with E-state index in [-0.39, 0.29) is 17.4 Å². The fraction of sp³-hybridized carbons (Fsp3) is 0.500. The molecule has 9 heteroatoms. The molecular weight excluding hydrogens is 359 g/mol. The van der Waals surface area contributed by atoms with Crippen LogP contribution in [0.15, 0.2) is 30.6 Å². The standard InChI is InChI=1S/C18H20F3N5O/c19-18(20,21)12-4-1-3-11(7-12)14(15-22-10-23-26-15)25-16(27)24-13-8-17(9-13)5-2-6-17/h1,3-4,7,10,13-14H,2,5-6,8-9H2,(H,22,23,26)(H2,24,25,27). The predicted molar refractivity (Wildman–Crippen MR) is 90.6 cm³/mol. The van der Waals surface area contributed by atoms with Crippen molar-refractivity contribution < 1.29 is 18.0 Å². The van der Waals surface area contributed by atoms with Crippen LogP contribution >= 0.6 is 0 Å². The summed E-state index contributed by atoms with van der Waals surface area (Å²) in [7, 11) is 0. The minimum absolute atomic E-state index is 0.111. The number of nitrogens with zero attached hydrogens (tertiary/aromatic N) is 2. The fourth-order valence-electron chi connectivity index (χ4n) is 4.08. The lowest BCUT2D eigenvalue weighted by Crippen LogP contribution is -2.55. The summed E-state index contributed by atoms with van der Waals surface area (Å²) in [6, 6.07) is 3.63. The molecule has 2 saturated carbocycles. The predicted octanol–water partition coefficient (Wildman–Crippen LogP) is 3.54. The van der Waals surface area contributed by atoms with E-state index in [1.807, 2.05) is 0 Å². The van der Waals surface area contributed by atoms with E-state index in [0.29, 0.717) is 5.41 Å². The van der Waals surface area contributed by atoms with Crippen molar-refractivity contribution >= 4 is 6.03 Å². The Morgan fingerprint density at radius 1 is 1.30 bits per heavy atom. The SMILES string of the molecule is O=C(NC1CC2(CCC2)C1)NC(c1cccc(C(F)(F)F)c1)c1nc[nH]n1. The number of amides is 2. The smallest absolute Gasteiger partial charge is 0.335 e. The number of rotatable bonds is 4. The highest BCUT2D eigenvalue weighted by molar-refractivity contribution is 5.75. The first kappa shape index (κ1) is 17.8. The number of carbonyl (C=O) groups is 1. The van der Waals surface area contributed by atoms with E-state index in [2.05, 4.69) is 25.8 Å². The van der Waals surface area contributed by atoms with Crippen LogP contribution in [0.2, 0.25) is 0 Å². The van der Waals surface area contributed by atoms with Gasteiger partial charge in [0.15, 0.2) is 5.82 Å². The molecule has 4 rings (SSSR count). The molecule has 2 aromatic rings. The van der Waals surface area contributed by atoms with Crippen LogP contribution in [0.1, 0.15) is 55.1 Å². The molecule has 1 atom stereocenters. The second-order valence-corrected chi connectivity index (χ2v) is 7.49. The number of hydrogen-bond donors (Lipinski definition) is 3. The van der Waals surface area contributed by atoms with Crippen LogP contribution < -0.4 is 10.6 Å². The van der Waals surface area contributed by atoms with Crippen molar-refractivity contribution in [2.24, 2.45) is 5.41 Å². The van der Waals surface area contributed by atoms with Crippen molar-refractivity contribution in [2.45, 2.75) is 50.4 Å². The molecule has 1 unspecified atom stereocenters. The van der Waals surface area contributed by atoms with Crippen LogP contribution in [0.25, 0.3) is 0 Å². The van der Waals surface area contributed by atoms with Crippen molar-refractivity contribution in [3.63, 3.8) is 0 Å². The molecule has 0 saturated heterocycles. The van der Waals surface area contributed by atoms with Gasteiger partial charge in [0.25, 0.3) is 0 Å². The maximum atomic E-state index is 13.0. The highest BCUT2D eigenvalue weighted by atomic mass is 19.4. The summed E-state index contributed by atoms with van der Waals surface area (Å²) in [6.45, 7) is 0. The van der Waals surface area contributed by atoms with Crippen molar-refractivity contribution in [1.82, 2.24) is 25.8 Å². The Hall–Kier alpha value is -2.58. The normalized spacial score (nSPS) is 19.8. The Morgan fingerprint density at radius 3 is 2.67 bits per heavy atom. The number of halogens is 3. The highest BCUT2D eigenvalue weighted by Gasteiger charge is 2.48. The second-order valence-electron chi connectivity index (χ2n) is 7.49. The maximum Gasteiger partial charge on any atom is 0.416 e. The van der Waals surface area contributed by atoms with E-state index in [0.717, 1.165) is 25.0 Å². The zero-order valence-electron chi connectivity index (χ0n) is 14.5. The average molecular weight is 379 g/mol. The number of benzene rings is 1. The molecule has 0 radical (unpaired) electrons. The van der Waals surface area contributed by atoms with Gasteiger partial charge in [-0.25, -0.2) is 9.78 Å². The van der Waals surface area contributed by atoms with Gasteiger partial charge in [0.2, 0.25) is 0 Å². The first-order valence-corrected chi connectivity index (χ1v) is 8.95. The molecule has 6 nitrogen and oxygen atoms in total. The van der Waals surface area contributed by atoms with E-state index >= 15 is 0 Å².